The zero-order chi connectivity index (χ0) is 19.0. The first-order valence-electron chi connectivity index (χ1n) is 10.0. The minimum Gasteiger partial charge on any atom is -0.206 e. The molecular formula is C24H25ClF2. The lowest BCUT2D eigenvalue weighted by molar-refractivity contribution is 0.234. The summed E-state index contributed by atoms with van der Waals surface area (Å²) in [4.78, 5) is 0. The van der Waals surface area contributed by atoms with Gasteiger partial charge in [-0.25, -0.2) is 8.78 Å². The zero-order valence-corrected chi connectivity index (χ0v) is 16.4. The third kappa shape index (κ3) is 3.57. The summed E-state index contributed by atoms with van der Waals surface area (Å²) in [5.41, 5.74) is 2.28. The van der Waals surface area contributed by atoms with Crippen LogP contribution in [0, 0.1) is 23.5 Å². The first-order valence-corrected chi connectivity index (χ1v) is 10.4. The van der Waals surface area contributed by atoms with Crippen LogP contribution in [-0.2, 0) is 6.42 Å². The number of halogens is 3. The van der Waals surface area contributed by atoms with Crippen LogP contribution in [0.4, 0.5) is 8.78 Å². The highest BCUT2D eigenvalue weighted by Gasteiger charge is 2.37. The van der Waals surface area contributed by atoms with Crippen LogP contribution in [-0.4, -0.2) is 0 Å². The zero-order valence-electron chi connectivity index (χ0n) is 15.7. The van der Waals surface area contributed by atoms with Gasteiger partial charge in [0.1, 0.15) is 11.6 Å². The fourth-order valence-electron chi connectivity index (χ4n) is 5.01. The minimum absolute atomic E-state index is 0.0865. The van der Waals surface area contributed by atoms with E-state index in [2.05, 4.69) is 19.1 Å². The van der Waals surface area contributed by atoms with Crippen LogP contribution < -0.4 is 0 Å². The highest BCUT2D eigenvalue weighted by Crippen LogP contribution is 2.49. The first kappa shape index (κ1) is 18.7. The Balaban J connectivity index is 1.67. The maximum atomic E-state index is 15.3. The molecule has 142 valence electrons. The number of benzene rings is 2. The molecule has 2 aliphatic rings. The molecular weight excluding hydrogens is 362 g/mol. The van der Waals surface area contributed by atoms with Crippen LogP contribution >= 0.6 is 11.6 Å². The van der Waals surface area contributed by atoms with Gasteiger partial charge in [0.15, 0.2) is 0 Å². The number of fused-ring (bicyclic) bond motifs is 3. The van der Waals surface area contributed by atoms with E-state index in [9.17, 15) is 4.39 Å². The van der Waals surface area contributed by atoms with Gasteiger partial charge in [0.2, 0.25) is 0 Å². The van der Waals surface area contributed by atoms with Gasteiger partial charge in [0, 0.05) is 5.02 Å². The molecule has 0 amide bonds. The molecule has 0 bridgehead atoms. The number of rotatable bonds is 3. The van der Waals surface area contributed by atoms with E-state index >= 15 is 4.39 Å². The fourth-order valence-corrected chi connectivity index (χ4v) is 5.13. The molecule has 0 saturated heterocycles. The summed E-state index contributed by atoms with van der Waals surface area (Å²) in [6.45, 7) is 2.16. The Hall–Kier alpha value is -1.67. The maximum absolute atomic E-state index is 15.3. The van der Waals surface area contributed by atoms with Gasteiger partial charge in [0.05, 0.1) is 5.56 Å². The number of allylic oxidation sites excluding steroid dienone is 2. The smallest absolute Gasteiger partial charge is 0.137 e. The molecule has 0 aliphatic heterocycles. The lowest BCUT2D eigenvalue weighted by Crippen LogP contribution is -2.28. The van der Waals surface area contributed by atoms with Crippen molar-refractivity contribution >= 4 is 11.6 Å². The second-order valence-electron chi connectivity index (χ2n) is 7.94. The lowest BCUT2D eigenvalue weighted by atomic mass is 9.65. The molecule has 2 aliphatic carbocycles. The summed E-state index contributed by atoms with van der Waals surface area (Å²) >= 11 is 5.92. The second-order valence-corrected chi connectivity index (χ2v) is 8.37. The molecule has 0 nitrogen and oxygen atoms in total. The molecule has 3 heteroatoms. The van der Waals surface area contributed by atoms with E-state index < -0.39 is 5.82 Å². The second kappa shape index (κ2) is 7.75. The van der Waals surface area contributed by atoms with E-state index in [0.29, 0.717) is 34.8 Å². The molecule has 1 fully saturated rings. The van der Waals surface area contributed by atoms with Crippen LogP contribution in [0.1, 0.15) is 56.1 Å². The molecule has 27 heavy (non-hydrogen) atoms. The molecule has 0 heterocycles. The van der Waals surface area contributed by atoms with Gasteiger partial charge >= 0.3 is 0 Å². The summed E-state index contributed by atoms with van der Waals surface area (Å²) in [6.07, 6.45) is 10.6. The van der Waals surface area contributed by atoms with Gasteiger partial charge in [-0.15, -0.1) is 0 Å². The lowest BCUT2D eigenvalue weighted by Gasteiger charge is -2.40. The molecule has 0 N–H and O–H groups in total. The van der Waals surface area contributed by atoms with Crippen molar-refractivity contribution in [1.29, 1.82) is 0 Å². The predicted octanol–water partition coefficient (Wildman–Crippen LogP) is 7.70. The molecule has 0 aromatic heterocycles. The van der Waals surface area contributed by atoms with Crippen molar-refractivity contribution in [3.05, 3.63) is 70.3 Å². The summed E-state index contributed by atoms with van der Waals surface area (Å²) < 4.78 is 30.3. The highest BCUT2D eigenvalue weighted by atomic mass is 35.5. The average molecular weight is 387 g/mol. The first-order chi connectivity index (χ1) is 13.1. The van der Waals surface area contributed by atoms with Crippen molar-refractivity contribution < 1.29 is 8.78 Å². The van der Waals surface area contributed by atoms with Gasteiger partial charge in [-0.3, -0.25) is 0 Å². The van der Waals surface area contributed by atoms with E-state index in [4.69, 9.17) is 11.6 Å². The maximum Gasteiger partial charge on any atom is 0.137 e. The average Bonchev–Trinajstić information content (AvgIpc) is 2.67. The Morgan fingerprint density at radius 2 is 1.89 bits per heavy atom. The summed E-state index contributed by atoms with van der Waals surface area (Å²) in [5, 5.41) is 0.564. The summed E-state index contributed by atoms with van der Waals surface area (Å²) in [5.74, 6) is 0.623. The molecule has 2 aromatic carbocycles. The van der Waals surface area contributed by atoms with Crippen molar-refractivity contribution in [2.24, 2.45) is 11.8 Å². The van der Waals surface area contributed by atoms with Crippen molar-refractivity contribution in [1.82, 2.24) is 0 Å². The van der Waals surface area contributed by atoms with Crippen LogP contribution in [0.3, 0.4) is 0 Å². The molecule has 3 unspecified atom stereocenters. The largest absolute Gasteiger partial charge is 0.206 e. The summed E-state index contributed by atoms with van der Waals surface area (Å²) in [6, 6.07) is 8.34. The van der Waals surface area contributed by atoms with Crippen LogP contribution in [0.25, 0.3) is 11.1 Å². The van der Waals surface area contributed by atoms with E-state index in [1.807, 2.05) is 0 Å². The van der Waals surface area contributed by atoms with E-state index in [0.717, 1.165) is 43.2 Å². The molecule has 3 atom stereocenters. The van der Waals surface area contributed by atoms with Gasteiger partial charge < -0.3 is 0 Å². The van der Waals surface area contributed by atoms with Crippen LogP contribution in [0.5, 0.6) is 0 Å². The third-order valence-electron chi connectivity index (χ3n) is 6.32. The SMILES string of the molecule is CCC=CC1CCC2c3cc(F)c(-c4ccc(Cl)cc4)c(F)c3CCC2C1. The van der Waals surface area contributed by atoms with Gasteiger partial charge in [-0.05, 0) is 91.2 Å². The standard InChI is InChI=1S/C24H25ClF2/c1-2-3-4-15-5-11-19-17(13-15)8-12-20-21(19)14-22(26)23(24(20)27)16-6-9-18(25)10-7-16/h3-4,6-7,9-10,14-15,17,19H,2,5,8,11-13H2,1H3. The Morgan fingerprint density at radius 3 is 2.63 bits per heavy atom. The van der Waals surface area contributed by atoms with Crippen molar-refractivity contribution in [2.45, 2.75) is 51.4 Å². The Morgan fingerprint density at radius 1 is 1.11 bits per heavy atom. The topological polar surface area (TPSA) is 0 Å². The van der Waals surface area contributed by atoms with E-state index in [1.165, 1.54) is 0 Å². The predicted molar refractivity (Wildman–Crippen MR) is 108 cm³/mol. The molecule has 2 aromatic rings. The van der Waals surface area contributed by atoms with E-state index in [-0.39, 0.29) is 11.4 Å². The minimum atomic E-state index is -0.456. The third-order valence-corrected chi connectivity index (χ3v) is 6.57. The molecule has 0 spiro atoms. The van der Waals surface area contributed by atoms with Crippen molar-refractivity contribution in [2.75, 3.05) is 0 Å². The number of hydrogen-bond acceptors (Lipinski definition) is 0. The normalized spacial score (nSPS) is 24.7. The summed E-state index contributed by atoms with van der Waals surface area (Å²) in [7, 11) is 0. The van der Waals surface area contributed by atoms with E-state index in [1.54, 1.807) is 30.3 Å². The monoisotopic (exact) mass is 386 g/mol. The van der Waals surface area contributed by atoms with Gasteiger partial charge in [-0.2, -0.15) is 0 Å². The fraction of sp³-hybridized carbons (Fsp3) is 0.417. The Bertz CT molecular complexity index is 854. The van der Waals surface area contributed by atoms with Crippen LogP contribution in [0.2, 0.25) is 5.02 Å². The Kier molecular flexibility index (Phi) is 5.36. The van der Waals surface area contributed by atoms with Crippen molar-refractivity contribution in [3.8, 4) is 11.1 Å². The van der Waals surface area contributed by atoms with Gasteiger partial charge in [0.25, 0.3) is 0 Å². The van der Waals surface area contributed by atoms with Crippen LogP contribution in [0.15, 0.2) is 42.5 Å². The molecule has 1 saturated carbocycles. The number of hydrogen-bond donors (Lipinski definition) is 0. The highest BCUT2D eigenvalue weighted by molar-refractivity contribution is 6.30. The van der Waals surface area contributed by atoms with Crippen molar-refractivity contribution in [3.63, 3.8) is 0 Å². The molecule has 0 radical (unpaired) electrons. The molecule has 4 rings (SSSR count). The van der Waals surface area contributed by atoms with Gasteiger partial charge in [-0.1, -0.05) is 42.8 Å². The Labute approximate surface area is 165 Å². The quantitative estimate of drug-likeness (QED) is 0.474.